The molecule has 1 atom stereocenters. The molecule has 1 aromatic heterocycles. The molecule has 0 aliphatic carbocycles. The number of nitrogens with two attached hydrogens (primary N) is 1. The van der Waals surface area contributed by atoms with Crippen molar-refractivity contribution in [1.82, 2.24) is 9.88 Å². The van der Waals surface area contributed by atoms with Crippen molar-refractivity contribution in [3.63, 3.8) is 0 Å². The van der Waals surface area contributed by atoms with E-state index in [1.165, 1.54) is 0 Å². The van der Waals surface area contributed by atoms with Gasteiger partial charge in [-0.15, -0.1) is 0 Å². The van der Waals surface area contributed by atoms with Crippen molar-refractivity contribution in [3.05, 3.63) is 12.1 Å². The number of nitrogens with zero attached hydrogens (tertiary/aromatic N) is 3. The summed E-state index contributed by atoms with van der Waals surface area (Å²) in [6.07, 6.45) is -0.270. The lowest BCUT2D eigenvalue weighted by Gasteiger charge is -2.45. The van der Waals surface area contributed by atoms with E-state index in [4.69, 9.17) is 15.2 Å². The molecule has 120 valence electrons. The van der Waals surface area contributed by atoms with Crippen LogP contribution in [0, 0.1) is 0 Å². The molecule has 1 amide bonds. The normalized spacial score (nSPS) is 20.8. The SMILES string of the molecule is CC(C)(C)OC(=O)N1CCN2c3ccc(N)nc3OC[C@H]2C1. The van der Waals surface area contributed by atoms with E-state index in [2.05, 4.69) is 9.88 Å². The monoisotopic (exact) mass is 306 g/mol. The number of hydrogen-bond donors (Lipinski definition) is 1. The van der Waals surface area contributed by atoms with Crippen LogP contribution >= 0.6 is 0 Å². The lowest BCUT2D eigenvalue weighted by molar-refractivity contribution is 0.0194. The molecule has 7 heteroatoms. The second-order valence-corrected chi connectivity index (χ2v) is 6.64. The van der Waals surface area contributed by atoms with E-state index in [1.54, 1.807) is 11.0 Å². The molecule has 0 radical (unpaired) electrons. The van der Waals surface area contributed by atoms with E-state index in [0.717, 1.165) is 12.2 Å². The van der Waals surface area contributed by atoms with Gasteiger partial charge in [0.2, 0.25) is 5.88 Å². The summed E-state index contributed by atoms with van der Waals surface area (Å²) in [7, 11) is 0. The molecule has 0 bridgehead atoms. The van der Waals surface area contributed by atoms with Gasteiger partial charge in [-0.3, -0.25) is 0 Å². The Kier molecular flexibility index (Phi) is 3.50. The number of rotatable bonds is 0. The molecule has 1 fully saturated rings. The number of ether oxygens (including phenoxy) is 2. The van der Waals surface area contributed by atoms with Gasteiger partial charge < -0.3 is 25.0 Å². The third-order valence-corrected chi connectivity index (χ3v) is 3.72. The number of aromatic nitrogens is 1. The average molecular weight is 306 g/mol. The predicted octanol–water partition coefficient (Wildman–Crippen LogP) is 1.48. The van der Waals surface area contributed by atoms with Crippen LogP contribution in [0.4, 0.5) is 16.3 Å². The molecule has 0 aromatic carbocycles. The highest BCUT2D eigenvalue weighted by Gasteiger charge is 2.36. The third kappa shape index (κ3) is 2.88. The second kappa shape index (κ2) is 5.23. The molecular formula is C15H22N4O3. The highest BCUT2D eigenvalue weighted by molar-refractivity contribution is 5.69. The summed E-state index contributed by atoms with van der Waals surface area (Å²) < 4.78 is 11.1. The number of amides is 1. The van der Waals surface area contributed by atoms with Crippen LogP contribution < -0.4 is 15.4 Å². The molecule has 3 rings (SSSR count). The van der Waals surface area contributed by atoms with E-state index >= 15 is 0 Å². The van der Waals surface area contributed by atoms with Crippen LogP contribution in [-0.2, 0) is 4.74 Å². The van der Waals surface area contributed by atoms with Gasteiger partial charge in [0.15, 0.2) is 0 Å². The molecule has 0 saturated carbocycles. The van der Waals surface area contributed by atoms with Gasteiger partial charge in [-0.1, -0.05) is 0 Å². The zero-order chi connectivity index (χ0) is 15.9. The maximum atomic E-state index is 12.2. The summed E-state index contributed by atoms with van der Waals surface area (Å²) in [5.41, 5.74) is 6.15. The first-order valence-corrected chi connectivity index (χ1v) is 7.47. The number of fused-ring (bicyclic) bond motifs is 3. The van der Waals surface area contributed by atoms with E-state index in [-0.39, 0.29) is 12.1 Å². The first kappa shape index (κ1) is 14.7. The predicted molar refractivity (Wildman–Crippen MR) is 83.1 cm³/mol. The molecule has 3 heterocycles. The van der Waals surface area contributed by atoms with Gasteiger partial charge in [0.25, 0.3) is 0 Å². The van der Waals surface area contributed by atoms with Crippen LogP contribution in [0.15, 0.2) is 12.1 Å². The fraction of sp³-hybridized carbons (Fsp3) is 0.600. The minimum Gasteiger partial charge on any atom is -0.474 e. The Hall–Kier alpha value is -2.18. The van der Waals surface area contributed by atoms with Crippen LogP contribution in [0.5, 0.6) is 5.88 Å². The summed E-state index contributed by atoms with van der Waals surface area (Å²) in [6, 6.07) is 3.80. The molecule has 7 nitrogen and oxygen atoms in total. The fourth-order valence-corrected chi connectivity index (χ4v) is 2.75. The Morgan fingerprint density at radius 1 is 1.41 bits per heavy atom. The molecule has 1 aromatic rings. The highest BCUT2D eigenvalue weighted by atomic mass is 16.6. The summed E-state index contributed by atoms with van der Waals surface area (Å²) in [4.78, 5) is 20.4. The summed E-state index contributed by atoms with van der Waals surface area (Å²) in [5, 5.41) is 0. The number of hydrogen-bond acceptors (Lipinski definition) is 6. The maximum absolute atomic E-state index is 12.2. The Morgan fingerprint density at radius 3 is 2.91 bits per heavy atom. The fourth-order valence-electron chi connectivity index (χ4n) is 2.75. The molecular weight excluding hydrogens is 284 g/mol. The topological polar surface area (TPSA) is 80.9 Å². The van der Waals surface area contributed by atoms with Gasteiger partial charge >= 0.3 is 6.09 Å². The van der Waals surface area contributed by atoms with E-state index in [0.29, 0.717) is 31.4 Å². The Bertz CT molecular complexity index is 585. The first-order valence-electron chi connectivity index (χ1n) is 7.47. The van der Waals surface area contributed by atoms with Crippen LogP contribution in [0.25, 0.3) is 0 Å². The Labute approximate surface area is 130 Å². The highest BCUT2D eigenvalue weighted by Crippen LogP contribution is 2.34. The van der Waals surface area contributed by atoms with Crippen LogP contribution in [0.3, 0.4) is 0 Å². The molecule has 0 unspecified atom stereocenters. The molecule has 1 saturated heterocycles. The number of carbonyl (C=O) groups excluding carboxylic acids is 1. The van der Waals surface area contributed by atoms with Gasteiger partial charge in [-0.25, -0.2) is 4.79 Å². The second-order valence-electron chi connectivity index (χ2n) is 6.64. The molecule has 0 spiro atoms. The van der Waals surface area contributed by atoms with Gasteiger partial charge in [-0.2, -0.15) is 4.98 Å². The lowest BCUT2D eigenvalue weighted by atomic mass is 10.1. The minimum absolute atomic E-state index is 0.110. The van der Waals surface area contributed by atoms with Crippen molar-refractivity contribution in [1.29, 1.82) is 0 Å². The van der Waals surface area contributed by atoms with Crippen molar-refractivity contribution < 1.29 is 14.3 Å². The smallest absolute Gasteiger partial charge is 0.410 e. The lowest BCUT2D eigenvalue weighted by Crippen LogP contribution is -2.59. The van der Waals surface area contributed by atoms with Crippen molar-refractivity contribution >= 4 is 17.6 Å². The number of pyridine rings is 1. The molecule has 2 aliphatic rings. The van der Waals surface area contributed by atoms with Gasteiger partial charge in [0, 0.05) is 19.6 Å². The standard InChI is InChI=1S/C15H22N4O3/c1-15(2,3)22-14(20)18-6-7-19-10(8-18)9-21-13-11(19)4-5-12(16)17-13/h4-5,10H,6-9H2,1-3H3,(H2,16,17)/t10-/m1/s1. The number of nitrogen functional groups attached to an aromatic ring is 1. The number of anilines is 2. The average Bonchev–Trinajstić information content (AvgIpc) is 2.44. The van der Waals surface area contributed by atoms with Crippen molar-refractivity contribution in [2.75, 3.05) is 36.9 Å². The zero-order valence-electron chi connectivity index (χ0n) is 13.2. The Balaban J connectivity index is 1.71. The van der Waals surface area contributed by atoms with E-state index in [1.807, 2.05) is 26.8 Å². The van der Waals surface area contributed by atoms with Crippen molar-refractivity contribution in [2.24, 2.45) is 0 Å². The molecule has 2 aliphatic heterocycles. The third-order valence-electron chi connectivity index (χ3n) is 3.72. The van der Waals surface area contributed by atoms with Crippen LogP contribution in [0.1, 0.15) is 20.8 Å². The summed E-state index contributed by atoms with van der Waals surface area (Å²) in [5.74, 6) is 1.02. The van der Waals surface area contributed by atoms with Gasteiger partial charge in [0.05, 0.1) is 6.04 Å². The molecule has 2 N–H and O–H groups in total. The maximum Gasteiger partial charge on any atom is 0.410 e. The summed E-state index contributed by atoms with van der Waals surface area (Å²) in [6.45, 7) is 8.04. The first-order chi connectivity index (χ1) is 10.3. The van der Waals surface area contributed by atoms with Crippen LogP contribution in [-0.4, -0.2) is 53.9 Å². The Morgan fingerprint density at radius 2 is 2.18 bits per heavy atom. The van der Waals surface area contributed by atoms with Crippen LogP contribution in [0.2, 0.25) is 0 Å². The minimum atomic E-state index is -0.481. The van der Waals surface area contributed by atoms with E-state index in [9.17, 15) is 4.79 Å². The summed E-state index contributed by atoms with van der Waals surface area (Å²) >= 11 is 0. The van der Waals surface area contributed by atoms with Crippen molar-refractivity contribution in [2.45, 2.75) is 32.4 Å². The van der Waals surface area contributed by atoms with Crippen molar-refractivity contribution in [3.8, 4) is 5.88 Å². The quantitative estimate of drug-likeness (QED) is 0.782. The number of piperazine rings is 1. The largest absolute Gasteiger partial charge is 0.474 e. The van der Waals surface area contributed by atoms with Gasteiger partial charge in [-0.05, 0) is 32.9 Å². The molecule has 22 heavy (non-hydrogen) atoms. The van der Waals surface area contributed by atoms with E-state index < -0.39 is 5.60 Å². The zero-order valence-corrected chi connectivity index (χ0v) is 13.2. The van der Waals surface area contributed by atoms with Gasteiger partial charge in [0.1, 0.15) is 23.7 Å². The number of carbonyl (C=O) groups is 1.